The van der Waals surface area contributed by atoms with Gasteiger partial charge < -0.3 is 13.9 Å². The van der Waals surface area contributed by atoms with E-state index in [4.69, 9.17) is 13.9 Å². The van der Waals surface area contributed by atoms with Crippen LogP contribution >= 0.6 is 0 Å². The molecule has 484 valence electrons. The number of aromatic nitrogens is 7. The molecule has 0 N–H and O–H groups in total. The molecule has 0 radical (unpaired) electrons. The summed E-state index contributed by atoms with van der Waals surface area (Å²) in [6.07, 6.45) is 24.3. The first-order valence-electron chi connectivity index (χ1n) is 32.7. The minimum Gasteiger partial charge on any atom is -0.472 e. The van der Waals surface area contributed by atoms with Crippen LogP contribution in [0.25, 0.3) is 0 Å². The fraction of sp³-hybridized carbons (Fsp3) is 0.622. The van der Waals surface area contributed by atoms with Crippen molar-refractivity contribution in [3.63, 3.8) is 0 Å². The van der Waals surface area contributed by atoms with Crippen LogP contribution in [-0.2, 0) is 16.5 Å². The summed E-state index contributed by atoms with van der Waals surface area (Å²) in [5.41, 5.74) is 8.98. The molecule has 0 bridgehead atoms. The van der Waals surface area contributed by atoms with Gasteiger partial charge in [-0.25, -0.2) is 0 Å². The molecule has 2 aliphatic heterocycles. The smallest absolute Gasteiger partial charge is 0.0937 e. The zero-order valence-electron chi connectivity index (χ0n) is 60.4. The van der Waals surface area contributed by atoms with Crippen LogP contribution in [0.3, 0.4) is 0 Å². The zero-order valence-corrected chi connectivity index (χ0v) is 60.4. The first-order valence-corrected chi connectivity index (χ1v) is 32.7. The highest BCUT2D eigenvalue weighted by atomic mass is 16.5. The van der Waals surface area contributed by atoms with Crippen molar-refractivity contribution in [1.82, 2.24) is 34.7 Å². The summed E-state index contributed by atoms with van der Waals surface area (Å²) >= 11 is 0. The Hall–Kier alpha value is -5.32. The average Bonchev–Trinajstić information content (AvgIpc) is 4.41. The van der Waals surface area contributed by atoms with Crippen molar-refractivity contribution in [2.24, 2.45) is 24.8 Å². The second kappa shape index (κ2) is 68.5. The molecule has 0 saturated carbocycles. The van der Waals surface area contributed by atoms with Gasteiger partial charge in [0, 0.05) is 87.4 Å². The van der Waals surface area contributed by atoms with Crippen molar-refractivity contribution >= 4 is 0 Å². The van der Waals surface area contributed by atoms with E-state index < -0.39 is 0 Å². The van der Waals surface area contributed by atoms with Crippen LogP contribution < -0.4 is 0 Å². The third kappa shape index (κ3) is 53.4. The Morgan fingerprint density at radius 3 is 1.24 bits per heavy atom. The molecule has 8 heterocycles. The van der Waals surface area contributed by atoms with Crippen molar-refractivity contribution in [2.75, 3.05) is 26.4 Å². The van der Waals surface area contributed by atoms with Crippen LogP contribution in [0.1, 0.15) is 290 Å². The van der Waals surface area contributed by atoms with Crippen molar-refractivity contribution < 1.29 is 13.9 Å². The van der Waals surface area contributed by atoms with Gasteiger partial charge in [-0.2, -0.15) is 5.10 Å². The van der Waals surface area contributed by atoms with E-state index in [1.54, 1.807) is 42.9 Å². The molecule has 2 aliphatic rings. The third-order valence-corrected chi connectivity index (χ3v) is 11.5. The van der Waals surface area contributed by atoms with Crippen molar-refractivity contribution in [3.05, 3.63) is 168 Å². The maximum absolute atomic E-state index is 5.22. The lowest BCUT2D eigenvalue weighted by atomic mass is 9.96. The van der Waals surface area contributed by atoms with Crippen molar-refractivity contribution in [1.29, 1.82) is 0 Å². The summed E-state index contributed by atoms with van der Waals surface area (Å²) in [4.78, 5) is 20.2. The molecule has 84 heavy (non-hydrogen) atoms. The van der Waals surface area contributed by atoms with Crippen LogP contribution in [0.15, 0.2) is 139 Å². The van der Waals surface area contributed by atoms with Gasteiger partial charge in [-0.05, 0) is 125 Å². The van der Waals surface area contributed by atoms with E-state index in [1.807, 2.05) is 188 Å². The van der Waals surface area contributed by atoms with Gasteiger partial charge in [0.05, 0.1) is 31.4 Å². The molecule has 8 rings (SSSR count). The fourth-order valence-electron chi connectivity index (χ4n) is 6.49. The number of hydrogen-bond acceptors (Lipinski definition) is 9. The molecule has 10 heteroatoms. The van der Waals surface area contributed by atoms with E-state index in [-0.39, 0.29) is 0 Å². The molecule has 6 aromatic heterocycles. The van der Waals surface area contributed by atoms with Crippen molar-refractivity contribution in [2.45, 2.75) is 256 Å². The van der Waals surface area contributed by atoms with Gasteiger partial charge in [0.15, 0.2) is 0 Å². The highest BCUT2D eigenvalue weighted by Gasteiger charge is 2.18. The molecular weight excluding hydrogens is 1030 g/mol. The monoisotopic (exact) mass is 1170 g/mol. The quantitative estimate of drug-likeness (QED) is 0.137. The molecule has 1 fully saturated rings. The largest absolute Gasteiger partial charge is 0.472 e. The van der Waals surface area contributed by atoms with E-state index in [1.165, 1.54) is 28.8 Å². The summed E-state index contributed by atoms with van der Waals surface area (Å²) in [6, 6.07) is 18.2. The normalized spacial score (nSPS) is 11.9. The summed E-state index contributed by atoms with van der Waals surface area (Å²) in [6.45, 7) is 66.5. The van der Waals surface area contributed by atoms with E-state index >= 15 is 0 Å². The van der Waals surface area contributed by atoms with Crippen LogP contribution in [0.2, 0.25) is 0 Å². The van der Waals surface area contributed by atoms with Gasteiger partial charge >= 0.3 is 0 Å². The molecule has 10 nitrogen and oxygen atoms in total. The Balaban J connectivity index is -0.000000156. The topological polar surface area (TPSA) is 114 Å². The SMILES string of the molecule is CC.CC.CC.CC.CC.CC.CC.CC(C)C1=CCOCC1.CC(C)C1CCOC1.CC(C)c1ccccn1.CC(C)c1cccnc1.CC(C)c1ccncc1.CC(C)c1ccnn1C.CC(C)c1ccoc1.CC(C)c1cnccn1. The lowest BCUT2D eigenvalue weighted by Crippen LogP contribution is -2.07. The molecule has 1 atom stereocenters. The Morgan fingerprint density at radius 1 is 0.440 bits per heavy atom. The Bertz CT molecular complexity index is 1920. The van der Waals surface area contributed by atoms with Crippen LogP contribution in [0, 0.1) is 17.8 Å². The third-order valence-electron chi connectivity index (χ3n) is 11.5. The van der Waals surface area contributed by atoms with Crippen LogP contribution in [0.4, 0.5) is 0 Å². The predicted octanol–water partition coefficient (Wildman–Crippen LogP) is 23.0. The maximum atomic E-state index is 5.22. The summed E-state index contributed by atoms with van der Waals surface area (Å²) in [5, 5.41) is 4.05. The van der Waals surface area contributed by atoms with Gasteiger partial charge in [0.25, 0.3) is 0 Å². The second-order valence-corrected chi connectivity index (χ2v) is 19.9. The molecule has 0 amide bonds. The summed E-state index contributed by atoms with van der Waals surface area (Å²) < 4.78 is 17.2. The summed E-state index contributed by atoms with van der Waals surface area (Å²) in [5.74, 6) is 5.80. The number of rotatable bonds is 8. The number of furan rings is 1. The molecule has 0 aromatic carbocycles. The zero-order chi connectivity index (χ0) is 66.3. The average molecular weight is 1170 g/mol. The van der Waals surface area contributed by atoms with E-state index in [0.29, 0.717) is 41.4 Å². The number of ether oxygens (including phenoxy) is 2. The van der Waals surface area contributed by atoms with Gasteiger partial charge in [-0.3, -0.25) is 29.6 Å². The number of pyridine rings is 3. The number of aryl methyl sites for hydroxylation is 1. The molecule has 1 unspecified atom stereocenters. The lowest BCUT2D eigenvalue weighted by molar-refractivity contribution is 0.151. The van der Waals surface area contributed by atoms with E-state index in [0.717, 1.165) is 56.1 Å². The Morgan fingerprint density at radius 2 is 0.988 bits per heavy atom. The minimum atomic E-state index is 0.485. The lowest BCUT2D eigenvalue weighted by Gasteiger charge is -2.15. The Kier molecular flexibility index (Phi) is 75.3. The summed E-state index contributed by atoms with van der Waals surface area (Å²) in [7, 11) is 1.97. The first kappa shape index (κ1) is 92.4. The van der Waals surface area contributed by atoms with Crippen molar-refractivity contribution in [3.8, 4) is 0 Å². The first-order chi connectivity index (χ1) is 40.3. The van der Waals surface area contributed by atoms with Gasteiger partial charge in [0.1, 0.15) is 0 Å². The maximum Gasteiger partial charge on any atom is 0.0937 e. The fourth-order valence-corrected chi connectivity index (χ4v) is 6.49. The number of hydrogen-bond donors (Lipinski definition) is 0. The predicted molar refractivity (Wildman–Crippen MR) is 373 cm³/mol. The molecular formula is C74H135N7O3. The van der Waals surface area contributed by atoms with Gasteiger partial charge in [0.2, 0.25) is 0 Å². The molecule has 6 aromatic rings. The molecule has 0 spiro atoms. The second-order valence-electron chi connectivity index (χ2n) is 19.9. The van der Waals surface area contributed by atoms with E-state index in [9.17, 15) is 0 Å². The van der Waals surface area contributed by atoms with Crippen LogP contribution in [-0.4, -0.2) is 61.1 Å². The Labute approximate surface area is 521 Å². The standard InChI is InChI=1S/3C8H11N.C8H14O.C7H12N2.C7H10N2.C7H14O.C7H10O.7C2H6/c1-7(2)8-3-5-9-6-4-8;1-7(2)8-4-3-5-9-6-8;1-7(2)8-5-3-4-6-9-8;1-7(2)8-3-5-9-6-4-8;1-6(2)7-4-5-8-9(7)3;1-6(2)7-5-8-3-4-9-7;2*1-6(2)7-3-4-8-5-7;7*1-2/h3*3-7H,1-2H3;3,7H,4-6H2,1-2H3;4-6H,1-3H3;3-6H,1-2H3;6-7H,3-5H2,1-2H3;3-6H,1-2H3;7*1-2H3. The van der Waals surface area contributed by atoms with E-state index in [2.05, 4.69) is 153 Å². The highest BCUT2D eigenvalue weighted by molar-refractivity contribution is 5.14. The highest BCUT2D eigenvalue weighted by Crippen LogP contribution is 2.21. The molecule has 0 aliphatic carbocycles. The van der Waals surface area contributed by atoms with Gasteiger partial charge in [-0.15, -0.1) is 0 Å². The van der Waals surface area contributed by atoms with Gasteiger partial charge in [-0.1, -0.05) is 231 Å². The number of nitrogens with zero attached hydrogens (tertiary/aromatic N) is 7. The minimum absolute atomic E-state index is 0.485. The molecule has 1 saturated heterocycles. The van der Waals surface area contributed by atoms with Crippen LogP contribution in [0.5, 0.6) is 0 Å².